The van der Waals surface area contributed by atoms with E-state index in [4.69, 9.17) is 4.74 Å². The Morgan fingerprint density at radius 3 is 3.11 bits per heavy atom. The number of nitrogens with zero attached hydrogens (tertiary/aromatic N) is 1. The highest BCUT2D eigenvalue weighted by Crippen LogP contribution is 2.13. The molecule has 1 aromatic rings. The molecule has 106 valence electrons. The van der Waals surface area contributed by atoms with E-state index in [1.54, 1.807) is 0 Å². The van der Waals surface area contributed by atoms with Gasteiger partial charge in [0.15, 0.2) is 0 Å². The van der Waals surface area contributed by atoms with Crippen LogP contribution in [0.5, 0.6) is 5.75 Å². The highest BCUT2D eigenvalue weighted by molar-refractivity contribution is 5.27. The zero-order valence-electron chi connectivity index (χ0n) is 12.2. The van der Waals surface area contributed by atoms with Gasteiger partial charge in [0.2, 0.25) is 0 Å². The minimum Gasteiger partial charge on any atom is -0.492 e. The summed E-state index contributed by atoms with van der Waals surface area (Å²) in [7, 11) is 0. The molecule has 1 atom stereocenters. The summed E-state index contributed by atoms with van der Waals surface area (Å²) in [5.41, 5.74) is 1.25. The zero-order chi connectivity index (χ0) is 13.5. The number of piperidine rings is 1. The van der Waals surface area contributed by atoms with Crippen molar-refractivity contribution in [2.45, 2.75) is 32.7 Å². The number of nitrogens with one attached hydrogen (secondary N) is 1. The van der Waals surface area contributed by atoms with Crippen molar-refractivity contribution in [1.29, 1.82) is 0 Å². The lowest BCUT2D eigenvalue weighted by atomic mass is 10.1. The molecule has 0 amide bonds. The van der Waals surface area contributed by atoms with Crippen LogP contribution in [0.2, 0.25) is 0 Å². The van der Waals surface area contributed by atoms with Gasteiger partial charge in [0.25, 0.3) is 0 Å². The smallest absolute Gasteiger partial charge is 0.119 e. The van der Waals surface area contributed by atoms with E-state index in [0.29, 0.717) is 6.04 Å². The standard InChI is InChI=1S/C16H26N2O/c1-3-17-15-7-5-9-18(13-15)10-11-19-16-8-4-6-14(2)12-16/h4,6,8,12,15,17H,3,5,7,9-11,13H2,1-2H3. The molecule has 3 nitrogen and oxygen atoms in total. The highest BCUT2D eigenvalue weighted by atomic mass is 16.5. The molecule has 1 saturated heterocycles. The van der Waals surface area contributed by atoms with Crippen LogP contribution in [0.15, 0.2) is 24.3 Å². The van der Waals surface area contributed by atoms with Gasteiger partial charge in [0, 0.05) is 19.1 Å². The third kappa shape index (κ3) is 4.84. The van der Waals surface area contributed by atoms with E-state index in [9.17, 15) is 0 Å². The van der Waals surface area contributed by atoms with Crippen molar-refractivity contribution in [2.75, 3.05) is 32.8 Å². The molecule has 0 bridgehead atoms. The van der Waals surface area contributed by atoms with Gasteiger partial charge >= 0.3 is 0 Å². The molecule has 19 heavy (non-hydrogen) atoms. The molecule has 1 unspecified atom stereocenters. The average Bonchev–Trinajstić information content (AvgIpc) is 2.40. The lowest BCUT2D eigenvalue weighted by molar-refractivity contribution is 0.160. The lowest BCUT2D eigenvalue weighted by Crippen LogP contribution is -2.46. The van der Waals surface area contributed by atoms with E-state index < -0.39 is 0 Å². The molecule has 0 spiro atoms. The van der Waals surface area contributed by atoms with Crippen LogP contribution < -0.4 is 10.1 Å². The maximum absolute atomic E-state index is 5.82. The Labute approximate surface area is 116 Å². The summed E-state index contributed by atoms with van der Waals surface area (Å²) >= 11 is 0. The summed E-state index contributed by atoms with van der Waals surface area (Å²) in [6.07, 6.45) is 2.60. The molecule has 3 heteroatoms. The van der Waals surface area contributed by atoms with E-state index in [0.717, 1.165) is 32.0 Å². The molecule has 1 aromatic carbocycles. The predicted octanol–water partition coefficient (Wildman–Crippen LogP) is 2.45. The Morgan fingerprint density at radius 2 is 2.32 bits per heavy atom. The summed E-state index contributed by atoms with van der Waals surface area (Å²) in [5, 5.41) is 3.55. The van der Waals surface area contributed by atoms with Crippen LogP contribution >= 0.6 is 0 Å². The van der Waals surface area contributed by atoms with Crippen molar-refractivity contribution >= 4 is 0 Å². The van der Waals surface area contributed by atoms with E-state index in [1.807, 2.05) is 12.1 Å². The topological polar surface area (TPSA) is 24.5 Å². The minimum atomic E-state index is 0.665. The zero-order valence-corrected chi connectivity index (χ0v) is 12.2. The first-order valence-electron chi connectivity index (χ1n) is 7.43. The van der Waals surface area contributed by atoms with Crippen LogP contribution in [0.25, 0.3) is 0 Å². The molecule has 0 aliphatic carbocycles. The number of rotatable bonds is 6. The van der Waals surface area contributed by atoms with Crippen molar-refractivity contribution in [1.82, 2.24) is 10.2 Å². The van der Waals surface area contributed by atoms with Crippen LogP contribution in [-0.2, 0) is 0 Å². The number of likely N-dealkylation sites (tertiary alicyclic amines) is 1. The molecule has 1 N–H and O–H groups in total. The molecule has 1 fully saturated rings. The predicted molar refractivity (Wildman–Crippen MR) is 79.8 cm³/mol. The van der Waals surface area contributed by atoms with Gasteiger partial charge in [-0.2, -0.15) is 0 Å². The number of hydrogen-bond acceptors (Lipinski definition) is 3. The largest absolute Gasteiger partial charge is 0.492 e. The molecule has 2 rings (SSSR count). The summed E-state index contributed by atoms with van der Waals surface area (Å²) in [5.74, 6) is 0.986. The maximum Gasteiger partial charge on any atom is 0.119 e. The fraction of sp³-hybridized carbons (Fsp3) is 0.625. The van der Waals surface area contributed by atoms with Crippen LogP contribution in [0.1, 0.15) is 25.3 Å². The van der Waals surface area contributed by atoms with Gasteiger partial charge < -0.3 is 10.1 Å². The van der Waals surface area contributed by atoms with Crippen molar-refractivity contribution in [2.24, 2.45) is 0 Å². The first-order valence-corrected chi connectivity index (χ1v) is 7.43. The van der Waals surface area contributed by atoms with E-state index >= 15 is 0 Å². The normalized spacial score (nSPS) is 20.4. The molecular formula is C16H26N2O. The van der Waals surface area contributed by atoms with Gasteiger partial charge in [-0.05, 0) is 50.6 Å². The van der Waals surface area contributed by atoms with Crippen LogP contribution in [0, 0.1) is 6.92 Å². The van der Waals surface area contributed by atoms with E-state index in [-0.39, 0.29) is 0 Å². The van der Waals surface area contributed by atoms with Crippen molar-refractivity contribution in [3.8, 4) is 5.75 Å². The second kappa shape index (κ2) is 7.51. The first kappa shape index (κ1) is 14.4. The minimum absolute atomic E-state index is 0.665. The Morgan fingerprint density at radius 1 is 1.42 bits per heavy atom. The monoisotopic (exact) mass is 262 g/mol. The first-order chi connectivity index (χ1) is 9.28. The Kier molecular flexibility index (Phi) is 5.67. The number of likely N-dealkylation sites (N-methyl/N-ethyl adjacent to an activating group) is 1. The summed E-state index contributed by atoms with van der Waals surface area (Å²) in [6, 6.07) is 8.94. The van der Waals surface area contributed by atoms with Crippen molar-refractivity contribution in [3.63, 3.8) is 0 Å². The molecule has 1 aliphatic heterocycles. The van der Waals surface area contributed by atoms with E-state index in [1.165, 1.54) is 24.9 Å². The average molecular weight is 262 g/mol. The number of benzene rings is 1. The van der Waals surface area contributed by atoms with Crippen molar-refractivity contribution in [3.05, 3.63) is 29.8 Å². The molecule has 0 aromatic heterocycles. The van der Waals surface area contributed by atoms with Crippen LogP contribution in [0.3, 0.4) is 0 Å². The van der Waals surface area contributed by atoms with Gasteiger partial charge in [-0.25, -0.2) is 0 Å². The molecular weight excluding hydrogens is 236 g/mol. The maximum atomic E-state index is 5.82. The van der Waals surface area contributed by atoms with Crippen molar-refractivity contribution < 1.29 is 4.74 Å². The van der Waals surface area contributed by atoms with E-state index in [2.05, 4.69) is 36.2 Å². The molecule has 1 heterocycles. The summed E-state index contributed by atoms with van der Waals surface area (Å²) in [6.45, 7) is 9.51. The third-order valence-corrected chi connectivity index (χ3v) is 3.66. The van der Waals surface area contributed by atoms with Gasteiger partial charge in [-0.3, -0.25) is 4.90 Å². The molecule has 0 saturated carbocycles. The van der Waals surface area contributed by atoms with Gasteiger partial charge in [0.05, 0.1) is 0 Å². The SMILES string of the molecule is CCNC1CCCN(CCOc2cccc(C)c2)C1. The number of hydrogen-bond donors (Lipinski definition) is 1. The van der Waals surface area contributed by atoms with Gasteiger partial charge in [-0.15, -0.1) is 0 Å². The third-order valence-electron chi connectivity index (χ3n) is 3.66. The second-order valence-corrected chi connectivity index (χ2v) is 5.36. The fourth-order valence-electron chi connectivity index (χ4n) is 2.71. The van der Waals surface area contributed by atoms with Gasteiger partial charge in [-0.1, -0.05) is 19.1 Å². The highest BCUT2D eigenvalue weighted by Gasteiger charge is 2.18. The summed E-state index contributed by atoms with van der Waals surface area (Å²) in [4.78, 5) is 2.51. The van der Waals surface area contributed by atoms with Crippen LogP contribution in [0.4, 0.5) is 0 Å². The number of ether oxygens (including phenoxy) is 1. The summed E-state index contributed by atoms with van der Waals surface area (Å²) < 4.78 is 5.82. The molecule has 1 aliphatic rings. The Bertz CT molecular complexity index is 379. The van der Waals surface area contributed by atoms with Gasteiger partial charge in [0.1, 0.15) is 12.4 Å². The second-order valence-electron chi connectivity index (χ2n) is 5.36. The lowest BCUT2D eigenvalue weighted by Gasteiger charge is -2.32. The quantitative estimate of drug-likeness (QED) is 0.852. The number of aryl methyl sites for hydroxylation is 1. The van der Waals surface area contributed by atoms with Crippen LogP contribution in [-0.4, -0.2) is 43.7 Å². The fourth-order valence-corrected chi connectivity index (χ4v) is 2.71. The molecule has 0 radical (unpaired) electrons. The Balaban J connectivity index is 1.70. The Hall–Kier alpha value is -1.06.